The molecule has 12 heteroatoms. The highest BCUT2D eigenvalue weighted by Gasteiger charge is 2.26. The first kappa shape index (κ1) is 28.9. The molecule has 1 aliphatic heterocycles. The number of benzene rings is 3. The van der Waals surface area contributed by atoms with Gasteiger partial charge in [0.25, 0.3) is 15.9 Å². The highest BCUT2D eigenvalue weighted by Crippen LogP contribution is 2.26. The molecule has 1 amide bonds. The maximum absolute atomic E-state index is 12.9. The largest absolute Gasteiger partial charge is 0.492 e. The first-order valence-electron chi connectivity index (χ1n) is 12.5. The second kappa shape index (κ2) is 12.4. The molecule has 9 nitrogen and oxygen atoms in total. The standard InChI is InChI=1S/C27H30ClN3O6S2/c1-20-6-5-7-22(18-20)30-38(33,34)26-19-21(8-13-25(26)28)27(32)29-14-17-37-23-9-11-24(12-10-23)39(35,36)31-15-3-2-4-16-31/h5-13,18-19,30H,2-4,14-17H2,1H3,(H,29,32). The van der Waals surface area contributed by atoms with Crippen molar-refractivity contribution in [3.8, 4) is 5.75 Å². The van der Waals surface area contributed by atoms with Crippen molar-refractivity contribution in [2.24, 2.45) is 0 Å². The molecule has 4 rings (SSSR count). The van der Waals surface area contributed by atoms with Gasteiger partial charge in [-0.1, -0.05) is 30.2 Å². The van der Waals surface area contributed by atoms with Crippen LogP contribution in [0.3, 0.4) is 0 Å². The second-order valence-corrected chi connectivity index (χ2v) is 13.2. The van der Waals surface area contributed by atoms with Gasteiger partial charge in [0.2, 0.25) is 10.0 Å². The van der Waals surface area contributed by atoms with Gasteiger partial charge in [0, 0.05) is 24.3 Å². The SMILES string of the molecule is Cc1cccc(NS(=O)(=O)c2cc(C(=O)NCCOc3ccc(S(=O)(=O)N4CCCCC4)cc3)ccc2Cl)c1. The third-order valence-electron chi connectivity index (χ3n) is 6.19. The van der Waals surface area contributed by atoms with Crippen LogP contribution in [0.4, 0.5) is 5.69 Å². The van der Waals surface area contributed by atoms with Gasteiger partial charge in [-0.15, -0.1) is 0 Å². The number of piperidine rings is 1. The van der Waals surface area contributed by atoms with Gasteiger partial charge in [0.15, 0.2) is 0 Å². The van der Waals surface area contributed by atoms with Crippen molar-refractivity contribution in [3.63, 3.8) is 0 Å². The number of carbonyl (C=O) groups is 1. The number of halogens is 1. The summed E-state index contributed by atoms with van der Waals surface area (Å²) in [6, 6.07) is 17.1. The molecule has 0 aromatic heterocycles. The Labute approximate surface area is 234 Å². The molecule has 39 heavy (non-hydrogen) atoms. The minimum atomic E-state index is -4.03. The molecule has 1 fully saturated rings. The maximum atomic E-state index is 12.9. The smallest absolute Gasteiger partial charge is 0.263 e. The number of amides is 1. The fourth-order valence-corrected chi connectivity index (χ4v) is 7.26. The monoisotopic (exact) mass is 591 g/mol. The van der Waals surface area contributed by atoms with E-state index in [-0.39, 0.29) is 33.5 Å². The Kier molecular flexibility index (Phi) is 9.16. The van der Waals surface area contributed by atoms with Crippen molar-refractivity contribution < 1.29 is 26.4 Å². The van der Waals surface area contributed by atoms with E-state index in [0.29, 0.717) is 24.5 Å². The molecule has 3 aromatic rings. The number of hydrogen-bond donors (Lipinski definition) is 2. The van der Waals surface area contributed by atoms with E-state index in [4.69, 9.17) is 16.3 Å². The molecule has 2 N–H and O–H groups in total. The van der Waals surface area contributed by atoms with E-state index in [2.05, 4.69) is 10.0 Å². The molecule has 208 valence electrons. The van der Waals surface area contributed by atoms with Gasteiger partial charge in [-0.3, -0.25) is 9.52 Å². The molecular formula is C27H30ClN3O6S2. The Morgan fingerprint density at radius 2 is 1.67 bits per heavy atom. The van der Waals surface area contributed by atoms with Gasteiger partial charge in [-0.2, -0.15) is 4.31 Å². The summed E-state index contributed by atoms with van der Waals surface area (Å²) in [7, 11) is -7.55. The summed E-state index contributed by atoms with van der Waals surface area (Å²) in [4.78, 5) is 12.7. The lowest BCUT2D eigenvalue weighted by molar-refractivity contribution is 0.0946. The molecule has 3 aromatic carbocycles. The van der Waals surface area contributed by atoms with E-state index in [0.717, 1.165) is 24.8 Å². The number of hydrogen-bond acceptors (Lipinski definition) is 6. The number of carbonyl (C=O) groups excluding carboxylic acids is 1. The zero-order valence-corrected chi connectivity index (χ0v) is 23.8. The van der Waals surface area contributed by atoms with E-state index in [9.17, 15) is 21.6 Å². The van der Waals surface area contributed by atoms with Crippen LogP contribution in [0.2, 0.25) is 5.02 Å². The van der Waals surface area contributed by atoms with Gasteiger partial charge in [0.05, 0.1) is 16.5 Å². The molecule has 0 bridgehead atoms. The van der Waals surface area contributed by atoms with Crippen LogP contribution in [0.1, 0.15) is 35.2 Å². The topological polar surface area (TPSA) is 122 Å². The summed E-state index contributed by atoms with van der Waals surface area (Å²) in [6.07, 6.45) is 2.77. The Morgan fingerprint density at radius 1 is 0.949 bits per heavy atom. The minimum absolute atomic E-state index is 0.0132. The molecule has 1 aliphatic rings. The van der Waals surface area contributed by atoms with Crippen LogP contribution >= 0.6 is 11.6 Å². The van der Waals surface area contributed by atoms with Gasteiger partial charge in [0.1, 0.15) is 17.3 Å². The lowest BCUT2D eigenvalue weighted by atomic mass is 10.2. The number of anilines is 1. The highest BCUT2D eigenvalue weighted by molar-refractivity contribution is 7.92. The second-order valence-electron chi connectivity index (χ2n) is 9.16. The fourth-order valence-electron chi connectivity index (χ4n) is 4.17. The predicted molar refractivity (Wildman–Crippen MR) is 150 cm³/mol. The Bertz CT molecular complexity index is 1540. The Balaban J connectivity index is 1.32. The average molecular weight is 592 g/mol. The van der Waals surface area contributed by atoms with E-state index >= 15 is 0 Å². The fraction of sp³-hybridized carbons (Fsp3) is 0.296. The third-order valence-corrected chi connectivity index (χ3v) is 9.96. The number of aryl methyl sites for hydroxylation is 1. The minimum Gasteiger partial charge on any atom is -0.492 e. The van der Waals surface area contributed by atoms with Gasteiger partial charge in [-0.05, 0) is 79.9 Å². The number of ether oxygens (including phenoxy) is 1. The molecule has 0 unspecified atom stereocenters. The number of rotatable bonds is 10. The van der Waals surface area contributed by atoms with Crippen LogP contribution < -0.4 is 14.8 Å². The predicted octanol–water partition coefficient (Wildman–Crippen LogP) is 4.43. The van der Waals surface area contributed by atoms with Crippen molar-refractivity contribution >= 4 is 43.2 Å². The van der Waals surface area contributed by atoms with Crippen LogP contribution in [0.25, 0.3) is 0 Å². The van der Waals surface area contributed by atoms with E-state index in [1.807, 2.05) is 13.0 Å². The van der Waals surface area contributed by atoms with Crippen LogP contribution in [-0.2, 0) is 20.0 Å². The quantitative estimate of drug-likeness (QED) is 0.336. The van der Waals surface area contributed by atoms with Gasteiger partial charge < -0.3 is 10.1 Å². The van der Waals surface area contributed by atoms with E-state index < -0.39 is 26.0 Å². The zero-order chi connectivity index (χ0) is 28.0. The molecule has 0 saturated carbocycles. The summed E-state index contributed by atoms with van der Waals surface area (Å²) >= 11 is 6.15. The number of sulfonamides is 2. The summed E-state index contributed by atoms with van der Waals surface area (Å²) in [5.41, 5.74) is 1.39. The third kappa shape index (κ3) is 7.30. The molecular weight excluding hydrogens is 562 g/mol. The highest BCUT2D eigenvalue weighted by atomic mass is 35.5. The molecule has 1 saturated heterocycles. The van der Waals surface area contributed by atoms with Crippen molar-refractivity contribution in [2.75, 3.05) is 31.0 Å². The van der Waals surface area contributed by atoms with Gasteiger partial charge in [-0.25, -0.2) is 16.8 Å². The van der Waals surface area contributed by atoms with E-state index in [1.54, 1.807) is 30.3 Å². The first-order chi connectivity index (χ1) is 18.6. The van der Waals surface area contributed by atoms with Gasteiger partial charge >= 0.3 is 0 Å². The average Bonchev–Trinajstić information content (AvgIpc) is 2.91. The summed E-state index contributed by atoms with van der Waals surface area (Å²) < 4.78 is 61.0. The van der Waals surface area contributed by atoms with Crippen molar-refractivity contribution in [3.05, 3.63) is 82.9 Å². The summed E-state index contributed by atoms with van der Waals surface area (Å²) in [6.45, 7) is 3.17. The molecule has 0 spiro atoms. The number of nitrogens with one attached hydrogen (secondary N) is 2. The summed E-state index contributed by atoms with van der Waals surface area (Å²) in [5.74, 6) is -0.0332. The molecule has 0 aliphatic carbocycles. The van der Waals surface area contributed by atoms with Crippen LogP contribution in [0, 0.1) is 6.92 Å². The van der Waals surface area contributed by atoms with Crippen LogP contribution in [0.15, 0.2) is 76.5 Å². The lowest BCUT2D eigenvalue weighted by Crippen LogP contribution is -2.35. The lowest BCUT2D eigenvalue weighted by Gasteiger charge is -2.25. The van der Waals surface area contributed by atoms with Crippen molar-refractivity contribution in [1.82, 2.24) is 9.62 Å². The molecule has 0 atom stereocenters. The van der Waals surface area contributed by atoms with Crippen molar-refractivity contribution in [1.29, 1.82) is 0 Å². The maximum Gasteiger partial charge on any atom is 0.263 e. The Morgan fingerprint density at radius 3 is 2.36 bits per heavy atom. The molecule has 1 heterocycles. The number of nitrogens with zero attached hydrogens (tertiary/aromatic N) is 1. The zero-order valence-electron chi connectivity index (χ0n) is 21.4. The first-order valence-corrected chi connectivity index (χ1v) is 15.8. The Hall–Kier alpha value is -3.12. The van der Waals surface area contributed by atoms with Crippen LogP contribution in [-0.4, -0.2) is 53.3 Å². The van der Waals surface area contributed by atoms with E-state index in [1.165, 1.54) is 34.6 Å². The van der Waals surface area contributed by atoms with Crippen molar-refractivity contribution in [2.45, 2.75) is 36.0 Å². The molecule has 0 radical (unpaired) electrons. The normalized spacial score (nSPS) is 14.5. The van der Waals surface area contributed by atoms with Crippen LogP contribution in [0.5, 0.6) is 5.75 Å². The summed E-state index contributed by atoms with van der Waals surface area (Å²) in [5, 5.41) is 2.67.